The topological polar surface area (TPSA) is 91.2 Å². The van der Waals surface area contributed by atoms with E-state index in [0.717, 1.165) is 11.1 Å². The molecule has 0 saturated heterocycles. The van der Waals surface area contributed by atoms with Crippen LogP contribution in [-0.2, 0) is 4.65 Å². The maximum Gasteiger partial charge on any atom is 0.563 e. The van der Waals surface area contributed by atoms with Crippen molar-refractivity contribution >= 4 is 36.0 Å². The van der Waals surface area contributed by atoms with Gasteiger partial charge in [-0.15, -0.1) is 0 Å². The Bertz CT molecular complexity index is 1020. The van der Waals surface area contributed by atoms with Gasteiger partial charge in [0.1, 0.15) is 0 Å². The highest BCUT2D eigenvalue weighted by atomic mass is 16.5. The van der Waals surface area contributed by atoms with Gasteiger partial charge in [0, 0.05) is 23.5 Å². The molecule has 1 aliphatic rings. The van der Waals surface area contributed by atoms with Gasteiger partial charge in [-0.05, 0) is 65.0 Å². The summed E-state index contributed by atoms with van der Waals surface area (Å²) in [6.45, 7) is 11.0. The third-order valence-corrected chi connectivity index (χ3v) is 4.67. The maximum absolute atomic E-state index is 13.2. The van der Waals surface area contributed by atoms with Gasteiger partial charge in [-0.3, -0.25) is 15.0 Å². The summed E-state index contributed by atoms with van der Waals surface area (Å²) in [6, 6.07) is 10.4. The van der Waals surface area contributed by atoms with Gasteiger partial charge in [-0.25, -0.2) is 10.0 Å². The minimum Gasteiger partial charge on any atom is -0.522 e. The SMILES string of the molecule is CC1=Nc2ccc(C(=O)NN(C(=O)c3cc(C)cc(C)c3)C(C)(C)C)cc2B(O)O1. The average Bonchev–Trinajstić information content (AvgIpc) is 2.63. The molecule has 0 aliphatic carbocycles. The summed E-state index contributed by atoms with van der Waals surface area (Å²) in [4.78, 5) is 30.4. The van der Waals surface area contributed by atoms with Gasteiger partial charge in [0.15, 0.2) is 5.90 Å². The van der Waals surface area contributed by atoms with Gasteiger partial charge in [0.05, 0.1) is 11.2 Å². The number of hydrazine groups is 1. The van der Waals surface area contributed by atoms with Crippen LogP contribution in [0.15, 0.2) is 41.4 Å². The van der Waals surface area contributed by atoms with Crippen molar-refractivity contribution in [2.75, 3.05) is 0 Å². The first kappa shape index (κ1) is 21.6. The standard InChI is InChI=1S/C22H26BN3O4/c1-13-9-14(2)11-17(10-13)21(28)26(22(4,5)6)25-20(27)16-7-8-19-18(12-16)23(29)30-15(3)24-19/h7-12,29H,1-6H3,(H,25,27). The molecule has 3 rings (SSSR count). The Morgan fingerprint density at radius 1 is 1.03 bits per heavy atom. The van der Waals surface area contributed by atoms with Crippen LogP contribution >= 0.6 is 0 Å². The number of aliphatic imine (C=N–C) groups is 1. The molecule has 2 N–H and O–H groups in total. The van der Waals surface area contributed by atoms with Gasteiger partial charge < -0.3 is 9.68 Å². The zero-order valence-corrected chi connectivity index (χ0v) is 18.1. The molecule has 0 aromatic heterocycles. The molecule has 7 nitrogen and oxygen atoms in total. The van der Waals surface area contributed by atoms with E-state index in [9.17, 15) is 14.6 Å². The van der Waals surface area contributed by atoms with Crippen LogP contribution in [0.2, 0.25) is 0 Å². The highest BCUT2D eigenvalue weighted by Gasteiger charge is 2.31. The van der Waals surface area contributed by atoms with Crippen molar-refractivity contribution in [3.8, 4) is 0 Å². The van der Waals surface area contributed by atoms with Crippen LogP contribution in [0.5, 0.6) is 0 Å². The normalized spacial score (nSPS) is 13.2. The lowest BCUT2D eigenvalue weighted by atomic mass is 9.76. The van der Waals surface area contributed by atoms with Crippen LogP contribution < -0.4 is 10.9 Å². The number of hydrogen-bond donors (Lipinski definition) is 2. The van der Waals surface area contributed by atoms with Crippen LogP contribution in [0.25, 0.3) is 0 Å². The second-order valence-corrected chi connectivity index (χ2v) is 8.50. The molecule has 0 saturated carbocycles. The monoisotopic (exact) mass is 407 g/mol. The Labute approximate surface area is 176 Å². The first-order chi connectivity index (χ1) is 14.0. The van der Waals surface area contributed by atoms with Crippen molar-refractivity contribution in [1.82, 2.24) is 10.4 Å². The number of nitrogens with zero attached hydrogens (tertiary/aromatic N) is 2. The molecule has 156 valence electrons. The van der Waals surface area contributed by atoms with Gasteiger partial charge in [-0.2, -0.15) is 0 Å². The Kier molecular flexibility index (Phi) is 5.72. The summed E-state index contributed by atoms with van der Waals surface area (Å²) < 4.78 is 5.21. The number of nitrogens with one attached hydrogen (secondary N) is 1. The molecular weight excluding hydrogens is 381 g/mol. The zero-order chi connectivity index (χ0) is 22.2. The van der Waals surface area contributed by atoms with Crippen molar-refractivity contribution in [3.63, 3.8) is 0 Å². The fourth-order valence-corrected chi connectivity index (χ4v) is 3.33. The molecule has 0 unspecified atom stereocenters. The predicted octanol–water partition coefficient (Wildman–Crippen LogP) is 2.66. The van der Waals surface area contributed by atoms with Crippen molar-refractivity contribution in [2.24, 2.45) is 4.99 Å². The van der Waals surface area contributed by atoms with Crippen LogP contribution in [0.1, 0.15) is 59.5 Å². The summed E-state index contributed by atoms with van der Waals surface area (Å²) in [5, 5.41) is 11.5. The van der Waals surface area contributed by atoms with E-state index in [-0.39, 0.29) is 11.5 Å². The first-order valence-electron chi connectivity index (χ1n) is 9.73. The lowest BCUT2D eigenvalue weighted by Gasteiger charge is -2.35. The van der Waals surface area contributed by atoms with Gasteiger partial charge in [-0.1, -0.05) is 17.2 Å². The lowest BCUT2D eigenvalue weighted by Crippen LogP contribution is -2.56. The second-order valence-electron chi connectivity index (χ2n) is 8.50. The molecule has 2 aromatic carbocycles. The summed E-state index contributed by atoms with van der Waals surface area (Å²) in [7, 11) is -1.19. The fourth-order valence-electron chi connectivity index (χ4n) is 3.33. The Balaban J connectivity index is 1.90. The van der Waals surface area contributed by atoms with Crippen LogP contribution in [0.3, 0.4) is 0 Å². The fraction of sp³-hybridized carbons (Fsp3) is 0.318. The van der Waals surface area contributed by atoms with Gasteiger partial charge >= 0.3 is 7.12 Å². The molecule has 0 radical (unpaired) electrons. The number of hydrogen-bond acceptors (Lipinski definition) is 5. The molecule has 8 heteroatoms. The number of rotatable bonds is 2. The Hall–Kier alpha value is -3.13. The first-order valence-corrected chi connectivity index (χ1v) is 9.73. The lowest BCUT2D eigenvalue weighted by molar-refractivity contribution is 0.0358. The highest BCUT2D eigenvalue weighted by molar-refractivity contribution is 6.64. The van der Waals surface area contributed by atoms with Crippen LogP contribution in [0, 0.1) is 13.8 Å². The summed E-state index contributed by atoms with van der Waals surface area (Å²) in [6.07, 6.45) is 0. The quantitative estimate of drug-likeness (QED) is 0.592. The third-order valence-electron chi connectivity index (χ3n) is 4.67. The van der Waals surface area contributed by atoms with E-state index in [4.69, 9.17) is 4.65 Å². The smallest absolute Gasteiger partial charge is 0.522 e. The molecule has 0 spiro atoms. The number of fused-ring (bicyclic) bond motifs is 1. The molecule has 0 fully saturated rings. The Morgan fingerprint density at radius 3 is 2.27 bits per heavy atom. The van der Waals surface area contributed by atoms with Crippen molar-refractivity contribution in [1.29, 1.82) is 0 Å². The third kappa shape index (κ3) is 4.54. The second kappa shape index (κ2) is 7.95. The van der Waals surface area contributed by atoms with Gasteiger partial charge in [0.25, 0.3) is 11.8 Å². The average molecular weight is 407 g/mol. The molecule has 2 aromatic rings. The van der Waals surface area contributed by atoms with E-state index < -0.39 is 18.6 Å². The summed E-state index contributed by atoms with van der Waals surface area (Å²) in [5.41, 5.74) is 5.73. The minimum absolute atomic E-state index is 0.286. The van der Waals surface area contributed by atoms with Gasteiger partial charge in [0.2, 0.25) is 0 Å². The van der Waals surface area contributed by atoms with Crippen molar-refractivity contribution in [2.45, 2.75) is 47.1 Å². The summed E-state index contributed by atoms with van der Waals surface area (Å²) >= 11 is 0. The Morgan fingerprint density at radius 2 is 1.67 bits per heavy atom. The number of aryl methyl sites for hydroxylation is 2. The number of amides is 2. The molecule has 1 aliphatic heterocycles. The van der Waals surface area contributed by atoms with E-state index >= 15 is 0 Å². The number of carbonyl (C=O) groups is 2. The molecule has 30 heavy (non-hydrogen) atoms. The number of carbonyl (C=O) groups excluding carboxylic acids is 2. The molecular formula is C22H26BN3O4. The zero-order valence-electron chi connectivity index (χ0n) is 18.1. The number of benzene rings is 2. The van der Waals surface area contributed by atoms with Crippen molar-refractivity contribution < 1.29 is 19.3 Å². The molecule has 2 amide bonds. The predicted molar refractivity (Wildman–Crippen MR) is 117 cm³/mol. The van der Waals surface area contributed by atoms with E-state index in [0.29, 0.717) is 22.6 Å². The van der Waals surface area contributed by atoms with E-state index in [1.807, 2.05) is 40.7 Å². The molecule has 1 heterocycles. The van der Waals surface area contributed by atoms with Crippen LogP contribution in [-0.4, -0.2) is 40.4 Å². The van der Waals surface area contributed by atoms with E-state index in [1.54, 1.807) is 31.2 Å². The van der Waals surface area contributed by atoms with E-state index in [1.165, 1.54) is 11.1 Å². The highest BCUT2D eigenvalue weighted by Crippen LogP contribution is 2.20. The molecule has 0 atom stereocenters. The molecule has 0 bridgehead atoms. The summed E-state index contributed by atoms with van der Waals surface area (Å²) in [5.74, 6) is -0.418. The van der Waals surface area contributed by atoms with E-state index in [2.05, 4.69) is 10.4 Å². The largest absolute Gasteiger partial charge is 0.563 e. The van der Waals surface area contributed by atoms with Crippen molar-refractivity contribution in [3.05, 3.63) is 58.7 Å². The minimum atomic E-state index is -1.19. The maximum atomic E-state index is 13.2. The van der Waals surface area contributed by atoms with Crippen LogP contribution in [0.4, 0.5) is 5.69 Å².